The summed E-state index contributed by atoms with van der Waals surface area (Å²) < 4.78 is 6.71. The Labute approximate surface area is 113 Å². The molecule has 6 heteroatoms. The normalized spacial score (nSPS) is 13.3. The first-order valence-electron chi connectivity index (χ1n) is 6.05. The molecule has 0 spiro atoms. The summed E-state index contributed by atoms with van der Waals surface area (Å²) in [6.45, 7) is 3.56. The molecule has 0 bridgehead atoms. The van der Waals surface area contributed by atoms with E-state index >= 15 is 0 Å². The van der Waals surface area contributed by atoms with E-state index in [2.05, 4.69) is 5.10 Å². The van der Waals surface area contributed by atoms with Gasteiger partial charge < -0.3 is 9.84 Å². The molecule has 0 fully saturated rings. The van der Waals surface area contributed by atoms with Crippen molar-refractivity contribution in [3.63, 3.8) is 0 Å². The highest BCUT2D eigenvalue weighted by molar-refractivity contribution is 6.31. The lowest BCUT2D eigenvalue weighted by atomic mass is 10.2. The number of aryl methyl sites for hydroxylation is 2. The van der Waals surface area contributed by atoms with Crippen molar-refractivity contribution in [3.8, 4) is 0 Å². The smallest absolute Gasteiger partial charge is 0.0900 e. The van der Waals surface area contributed by atoms with Gasteiger partial charge >= 0.3 is 0 Å². The van der Waals surface area contributed by atoms with Gasteiger partial charge in [-0.25, -0.2) is 0 Å². The van der Waals surface area contributed by atoms with Crippen molar-refractivity contribution in [2.75, 3.05) is 27.3 Å². The fourth-order valence-electron chi connectivity index (χ4n) is 1.92. The van der Waals surface area contributed by atoms with E-state index < -0.39 is 6.10 Å². The van der Waals surface area contributed by atoms with Crippen LogP contribution >= 0.6 is 11.6 Å². The Kier molecular flexibility index (Phi) is 6.08. The maximum atomic E-state index is 9.67. The van der Waals surface area contributed by atoms with Gasteiger partial charge in [-0.05, 0) is 13.5 Å². The monoisotopic (exact) mass is 275 g/mol. The van der Waals surface area contributed by atoms with E-state index in [0.29, 0.717) is 19.7 Å². The molecule has 18 heavy (non-hydrogen) atoms. The molecule has 1 aromatic heterocycles. The van der Waals surface area contributed by atoms with Crippen molar-refractivity contribution >= 4 is 11.6 Å². The van der Waals surface area contributed by atoms with Crippen LogP contribution in [0.2, 0.25) is 5.02 Å². The third-order valence-electron chi connectivity index (χ3n) is 2.80. The summed E-state index contributed by atoms with van der Waals surface area (Å²) in [5, 5.41) is 14.8. The largest absolute Gasteiger partial charge is 0.389 e. The second-order valence-electron chi connectivity index (χ2n) is 4.49. The Morgan fingerprint density at radius 2 is 2.22 bits per heavy atom. The molecule has 1 aromatic rings. The molecule has 0 amide bonds. The van der Waals surface area contributed by atoms with Crippen LogP contribution in [0.15, 0.2) is 0 Å². The maximum Gasteiger partial charge on any atom is 0.0900 e. The number of methoxy groups -OCH3 is 1. The van der Waals surface area contributed by atoms with Crippen LogP contribution in [0, 0.1) is 0 Å². The van der Waals surface area contributed by atoms with Gasteiger partial charge in [-0.1, -0.05) is 18.5 Å². The van der Waals surface area contributed by atoms with Crippen LogP contribution in [-0.2, 0) is 24.8 Å². The van der Waals surface area contributed by atoms with Crippen molar-refractivity contribution < 1.29 is 9.84 Å². The predicted molar refractivity (Wildman–Crippen MR) is 71.8 cm³/mol. The zero-order valence-electron chi connectivity index (χ0n) is 11.5. The lowest BCUT2D eigenvalue weighted by Crippen LogP contribution is -2.32. The molecule has 0 aromatic carbocycles. The molecule has 0 aliphatic heterocycles. The van der Waals surface area contributed by atoms with Crippen molar-refractivity contribution in [2.24, 2.45) is 7.05 Å². The summed E-state index contributed by atoms with van der Waals surface area (Å²) in [7, 11) is 5.41. The Morgan fingerprint density at radius 1 is 1.56 bits per heavy atom. The second kappa shape index (κ2) is 7.09. The van der Waals surface area contributed by atoms with E-state index in [9.17, 15) is 5.11 Å². The van der Waals surface area contributed by atoms with Crippen LogP contribution in [-0.4, -0.2) is 53.2 Å². The zero-order valence-corrected chi connectivity index (χ0v) is 12.2. The van der Waals surface area contributed by atoms with Gasteiger partial charge in [-0.2, -0.15) is 5.10 Å². The van der Waals surface area contributed by atoms with Gasteiger partial charge in [0.15, 0.2) is 0 Å². The summed E-state index contributed by atoms with van der Waals surface area (Å²) in [5.74, 6) is 0. The number of aliphatic hydroxyl groups excluding tert-OH is 1. The zero-order chi connectivity index (χ0) is 13.7. The van der Waals surface area contributed by atoms with E-state index in [1.165, 1.54) is 0 Å². The van der Waals surface area contributed by atoms with Crippen LogP contribution in [0.25, 0.3) is 0 Å². The van der Waals surface area contributed by atoms with Gasteiger partial charge in [0.25, 0.3) is 0 Å². The molecule has 5 nitrogen and oxygen atoms in total. The highest BCUT2D eigenvalue weighted by Crippen LogP contribution is 2.21. The molecule has 104 valence electrons. The molecule has 1 N–H and O–H groups in total. The Morgan fingerprint density at radius 3 is 2.72 bits per heavy atom. The van der Waals surface area contributed by atoms with Gasteiger partial charge in [0.1, 0.15) is 0 Å². The van der Waals surface area contributed by atoms with Crippen LogP contribution in [0.5, 0.6) is 0 Å². The van der Waals surface area contributed by atoms with Crippen molar-refractivity contribution in [1.82, 2.24) is 14.7 Å². The molecule has 0 saturated heterocycles. The molecule has 1 atom stereocenters. The van der Waals surface area contributed by atoms with Gasteiger partial charge in [0, 0.05) is 27.2 Å². The minimum absolute atomic E-state index is 0.337. The summed E-state index contributed by atoms with van der Waals surface area (Å²) in [6, 6.07) is 0. The van der Waals surface area contributed by atoms with Crippen LogP contribution < -0.4 is 0 Å². The molecular formula is C12H22ClN3O2. The maximum absolute atomic E-state index is 9.67. The molecule has 0 saturated carbocycles. The number of ether oxygens (including phenoxy) is 1. The predicted octanol–water partition coefficient (Wildman–Crippen LogP) is 1.08. The number of rotatable bonds is 7. The van der Waals surface area contributed by atoms with Crippen molar-refractivity contribution in [2.45, 2.75) is 26.0 Å². The van der Waals surface area contributed by atoms with E-state index in [1.54, 1.807) is 11.8 Å². The first-order valence-corrected chi connectivity index (χ1v) is 6.43. The van der Waals surface area contributed by atoms with E-state index in [4.69, 9.17) is 16.3 Å². The third-order valence-corrected chi connectivity index (χ3v) is 3.24. The molecule has 0 aliphatic rings. The summed E-state index contributed by atoms with van der Waals surface area (Å²) in [6.07, 6.45) is 0.334. The summed E-state index contributed by atoms with van der Waals surface area (Å²) >= 11 is 6.27. The van der Waals surface area contributed by atoms with E-state index in [1.807, 2.05) is 25.9 Å². The van der Waals surface area contributed by atoms with E-state index in [-0.39, 0.29) is 0 Å². The van der Waals surface area contributed by atoms with Gasteiger partial charge in [-0.3, -0.25) is 9.58 Å². The second-order valence-corrected chi connectivity index (χ2v) is 4.87. The number of hydrogen-bond donors (Lipinski definition) is 1. The quantitative estimate of drug-likeness (QED) is 0.809. The Balaban J connectivity index is 2.64. The number of likely N-dealkylation sites (N-methyl/N-ethyl adjacent to an activating group) is 1. The fourth-order valence-corrected chi connectivity index (χ4v) is 2.27. The molecule has 1 heterocycles. The summed E-state index contributed by atoms with van der Waals surface area (Å²) in [5.41, 5.74) is 1.89. The fraction of sp³-hybridized carbons (Fsp3) is 0.750. The third kappa shape index (κ3) is 3.95. The molecule has 1 rings (SSSR count). The SMILES string of the molecule is CCc1nn(C)c(CN(C)CC(O)COC)c1Cl. The highest BCUT2D eigenvalue weighted by Gasteiger charge is 2.16. The number of hydrogen-bond acceptors (Lipinski definition) is 4. The van der Waals surface area contributed by atoms with Crippen molar-refractivity contribution in [1.29, 1.82) is 0 Å². The summed E-state index contributed by atoms with van der Waals surface area (Å²) in [4.78, 5) is 2.01. The Hall–Kier alpha value is -0.620. The number of aliphatic hydroxyl groups is 1. The molecular weight excluding hydrogens is 254 g/mol. The van der Waals surface area contributed by atoms with Gasteiger partial charge in [0.2, 0.25) is 0 Å². The lowest BCUT2D eigenvalue weighted by molar-refractivity contribution is 0.0414. The first kappa shape index (κ1) is 15.4. The Bertz CT molecular complexity index is 382. The first-order chi connectivity index (χ1) is 8.49. The lowest BCUT2D eigenvalue weighted by Gasteiger charge is -2.20. The van der Waals surface area contributed by atoms with E-state index in [0.717, 1.165) is 22.8 Å². The molecule has 1 unspecified atom stereocenters. The highest BCUT2D eigenvalue weighted by atomic mass is 35.5. The van der Waals surface area contributed by atoms with Gasteiger partial charge in [-0.15, -0.1) is 0 Å². The topological polar surface area (TPSA) is 50.5 Å². The average Bonchev–Trinajstić information content (AvgIpc) is 2.56. The van der Waals surface area contributed by atoms with Crippen LogP contribution in [0.1, 0.15) is 18.3 Å². The standard InChI is InChI=1S/C12H22ClN3O2/c1-5-10-12(13)11(16(3)14-10)7-15(2)6-9(17)8-18-4/h9,17H,5-8H2,1-4H3. The number of aromatic nitrogens is 2. The minimum atomic E-state index is -0.488. The minimum Gasteiger partial charge on any atom is -0.389 e. The van der Waals surface area contributed by atoms with Crippen LogP contribution in [0.4, 0.5) is 0 Å². The average molecular weight is 276 g/mol. The number of halogens is 1. The van der Waals surface area contributed by atoms with Crippen molar-refractivity contribution in [3.05, 3.63) is 16.4 Å². The molecule has 0 radical (unpaired) electrons. The molecule has 0 aliphatic carbocycles. The van der Waals surface area contributed by atoms with Crippen LogP contribution in [0.3, 0.4) is 0 Å². The number of nitrogens with zero attached hydrogens (tertiary/aromatic N) is 3. The van der Waals surface area contributed by atoms with Gasteiger partial charge in [0.05, 0.1) is 29.1 Å².